The van der Waals surface area contributed by atoms with E-state index in [0.29, 0.717) is 0 Å². The van der Waals surface area contributed by atoms with Crippen molar-refractivity contribution in [3.8, 4) is 0 Å². The molecule has 130 valence electrons. The number of carbonyl (C=O) groups is 3. The quantitative estimate of drug-likeness (QED) is 0.811. The van der Waals surface area contributed by atoms with Gasteiger partial charge in [0.1, 0.15) is 5.69 Å². The summed E-state index contributed by atoms with van der Waals surface area (Å²) in [5.41, 5.74) is 0.762. The van der Waals surface area contributed by atoms with Gasteiger partial charge in [-0.1, -0.05) is 6.07 Å². The monoisotopic (exact) mass is 342 g/mol. The number of hydrogen-bond acceptors (Lipinski definition) is 6. The van der Waals surface area contributed by atoms with Gasteiger partial charge in [-0.3, -0.25) is 9.78 Å². The number of ether oxygens (including phenoxy) is 2. The maximum Gasteiger partial charge on any atom is 0.338 e. The average Bonchev–Trinajstić information content (AvgIpc) is 2.62. The van der Waals surface area contributed by atoms with Crippen molar-refractivity contribution in [2.75, 3.05) is 18.5 Å². The van der Waals surface area contributed by atoms with Gasteiger partial charge in [-0.2, -0.15) is 0 Å². The van der Waals surface area contributed by atoms with Crippen LogP contribution in [0.5, 0.6) is 0 Å². The molecule has 0 aliphatic rings. The molecule has 7 heteroatoms. The molecule has 1 aromatic carbocycles. The Labute approximate surface area is 145 Å². The minimum absolute atomic E-state index is 0.142. The summed E-state index contributed by atoms with van der Waals surface area (Å²) >= 11 is 0. The van der Waals surface area contributed by atoms with Crippen LogP contribution in [0.1, 0.15) is 45.1 Å². The molecule has 25 heavy (non-hydrogen) atoms. The molecule has 2 rings (SSSR count). The largest absolute Gasteiger partial charge is 0.462 e. The molecule has 1 amide bonds. The SMILES string of the molecule is CCOC(=O)c1cc(NC(=O)c2ccccn2)cc(C(=O)OCC)c1. The smallest absolute Gasteiger partial charge is 0.338 e. The van der Waals surface area contributed by atoms with E-state index in [1.165, 1.54) is 24.4 Å². The first-order chi connectivity index (χ1) is 12.0. The third-order valence-corrected chi connectivity index (χ3v) is 3.11. The summed E-state index contributed by atoms with van der Waals surface area (Å²) in [6.07, 6.45) is 1.49. The van der Waals surface area contributed by atoms with E-state index in [1.54, 1.807) is 32.0 Å². The van der Waals surface area contributed by atoms with E-state index in [9.17, 15) is 14.4 Å². The Morgan fingerprint density at radius 1 is 0.960 bits per heavy atom. The predicted molar refractivity (Wildman–Crippen MR) is 90.5 cm³/mol. The molecule has 0 radical (unpaired) electrons. The van der Waals surface area contributed by atoms with E-state index in [4.69, 9.17) is 9.47 Å². The van der Waals surface area contributed by atoms with Crippen molar-refractivity contribution in [2.45, 2.75) is 13.8 Å². The van der Waals surface area contributed by atoms with Crippen molar-refractivity contribution in [1.29, 1.82) is 0 Å². The van der Waals surface area contributed by atoms with E-state index >= 15 is 0 Å². The first-order valence-electron chi connectivity index (χ1n) is 7.76. The van der Waals surface area contributed by atoms with Crippen LogP contribution in [0.2, 0.25) is 0 Å². The number of nitrogens with one attached hydrogen (secondary N) is 1. The highest BCUT2D eigenvalue weighted by molar-refractivity contribution is 6.05. The van der Waals surface area contributed by atoms with Gasteiger partial charge in [0.2, 0.25) is 0 Å². The van der Waals surface area contributed by atoms with Gasteiger partial charge >= 0.3 is 11.9 Å². The zero-order valence-corrected chi connectivity index (χ0v) is 13.9. The third-order valence-electron chi connectivity index (χ3n) is 3.11. The average molecular weight is 342 g/mol. The Hall–Kier alpha value is -3.22. The van der Waals surface area contributed by atoms with Crippen molar-refractivity contribution < 1.29 is 23.9 Å². The third kappa shape index (κ3) is 4.87. The minimum atomic E-state index is -0.595. The Balaban J connectivity index is 2.33. The van der Waals surface area contributed by atoms with Gasteiger partial charge in [0.25, 0.3) is 5.91 Å². The fraction of sp³-hybridized carbons (Fsp3) is 0.222. The Bertz CT molecular complexity index is 738. The predicted octanol–water partition coefficient (Wildman–Crippen LogP) is 2.69. The number of nitrogens with zero attached hydrogens (tertiary/aromatic N) is 1. The van der Waals surface area contributed by atoms with Crippen LogP contribution in [0.25, 0.3) is 0 Å². The molecule has 1 heterocycles. The molecule has 0 aliphatic carbocycles. The maximum atomic E-state index is 12.2. The number of rotatable bonds is 6. The molecule has 0 saturated carbocycles. The molecule has 0 bridgehead atoms. The van der Waals surface area contributed by atoms with Crippen molar-refractivity contribution in [2.24, 2.45) is 0 Å². The van der Waals surface area contributed by atoms with E-state index in [0.717, 1.165) is 0 Å². The molecule has 0 saturated heterocycles. The van der Waals surface area contributed by atoms with Crippen LogP contribution >= 0.6 is 0 Å². The zero-order valence-electron chi connectivity index (χ0n) is 13.9. The highest BCUT2D eigenvalue weighted by Crippen LogP contribution is 2.18. The molecule has 7 nitrogen and oxygen atoms in total. The van der Waals surface area contributed by atoms with Crippen LogP contribution < -0.4 is 5.32 Å². The summed E-state index contributed by atoms with van der Waals surface area (Å²) in [5.74, 6) is -1.65. The standard InChI is InChI=1S/C18H18N2O5/c1-3-24-17(22)12-9-13(18(23)25-4-2)11-14(10-12)20-16(21)15-7-5-6-8-19-15/h5-11H,3-4H2,1-2H3,(H,20,21). The summed E-state index contributed by atoms with van der Waals surface area (Å²) < 4.78 is 9.90. The summed E-state index contributed by atoms with van der Waals surface area (Å²) in [7, 11) is 0. The molecule has 0 unspecified atom stereocenters. The number of hydrogen-bond donors (Lipinski definition) is 1. The Morgan fingerprint density at radius 3 is 2.04 bits per heavy atom. The fourth-order valence-corrected chi connectivity index (χ4v) is 2.06. The molecular formula is C18H18N2O5. The lowest BCUT2D eigenvalue weighted by Crippen LogP contribution is -2.15. The summed E-state index contributed by atoms with van der Waals surface area (Å²) in [4.78, 5) is 40.1. The van der Waals surface area contributed by atoms with Gasteiger partial charge in [-0.25, -0.2) is 9.59 Å². The van der Waals surface area contributed by atoms with Crippen molar-refractivity contribution >= 4 is 23.5 Å². The van der Waals surface area contributed by atoms with E-state index in [2.05, 4.69) is 10.3 Å². The molecule has 0 aliphatic heterocycles. The normalized spacial score (nSPS) is 10.0. The molecule has 2 aromatic rings. The number of anilines is 1. The number of pyridine rings is 1. The Kier molecular flexibility index (Phi) is 6.22. The zero-order chi connectivity index (χ0) is 18.2. The van der Waals surface area contributed by atoms with Crippen molar-refractivity contribution in [3.63, 3.8) is 0 Å². The summed E-state index contributed by atoms with van der Waals surface area (Å²) in [6, 6.07) is 9.16. The topological polar surface area (TPSA) is 94.6 Å². The summed E-state index contributed by atoms with van der Waals surface area (Å²) in [6.45, 7) is 3.74. The highest BCUT2D eigenvalue weighted by Gasteiger charge is 2.16. The second-order valence-electron chi connectivity index (χ2n) is 4.91. The first kappa shape index (κ1) is 18.1. The maximum absolute atomic E-state index is 12.2. The lowest BCUT2D eigenvalue weighted by atomic mass is 10.1. The molecule has 0 atom stereocenters. The molecule has 1 N–H and O–H groups in total. The van der Waals surface area contributed by atoms with Crippen LogP contribution in [0.3, 0.4) is 0 Å². The van der Waals surface area contributed by atoms with E-state index in [-0.39, 0.29) is 35.7 Å². The number of benzene rings is 1. The molecule has 0 spiro atoms. The van der Waals surface area contributed by atoms with Gasteiger partial charge in [0.05, 0.1) is 24.3 Å². The highest BCUT2D eigenvalue weighted by atomic mass is 16.5. The van der Waals surface area contributed by atoms with E-state index < -0.39 is 17.8 Å². The van der Waals surface area contributed by atoms with Crippen molar-refractivity contribution in [3.05, 3.63) is 59.4 Å². The van der Waals surface area contributed by atoms with Gasteiger partial charge in [-0.05, 0) is 44.2 Å². The second kappa shape index (κ2) is 8.58. The first-order valence-corrected chi connectivity index (χ1v) is 7.76. The van der Waals surface area contributed by atoms with Gasteiger partial charge in [0.15, 0.2) is 0 Å². The number of esters is 2. The van der Waals surface area contributed by atoms with Crippen LogP contribution in [0.4, 0.5) is 5.69 Å². The Morgan fingerprint density at radius 2 is 1.56 bits per heavy atom. The fourth-order valence-electron chi connectivity index (χ4n) is 2.06. The van der Waals surface area contributed by atoms with Gasteiger partial charge < -0.3 is 14.8 Å². The van der Waals surface area contributed by atoms with Crippen molar-refractivity contribution in [1.82, 2.24) is 4.98 Å². The van der Waals surface area contributed by atoms with Crippen LogP contribution in [-0.4, -0.2) is 36.0 Å². The van der Waals surface area contributed by atoms with E-state index in [1.807, 2.05) is 0 Å². The molecule has 1 aromatic heterocycles. The number of carbonyl (C=O) groups excluding carboxylic acids is 3. The minimum Gasteiger partial charge on any atom is -0.462 e. The van der Waals surface area contributed by atoms with Crippen LogP contribution in [-0.2, 0) is 9.47 Å². The van der Waals surface area contributed by atoms with Crippen LogP contribution in [0, 0.1) is 0 Å². The second-order valence-corrected chi connectivity index (χ2v) is 4.91. The van der Waals surface area contributed by atoms with Gasteiger partial charge in [0, 0.05) is 11.9 Å². The van der Waals surface area contributed by atoms with Gasteiger partial charge in [-0.15, -0.1) is 0 Å². The molecule has 0 fully saturated rings. The lowest BCUT2D eigenvalue weighted by molar-refractivity contribution is 0.0525. The lowest BCUT2D eigenvalue weighted by Gasteiger charge is -2.10. The van der Waals surface area contributed by atoms with Crippen LogP contribution in [0.15, 0.2) is 42.6 Å². The number of amides is 1. The summed E-state index contributed by atoms with van der Waals surface area (Å²) in [5, 5.41) is 2.62. The number of aromatic nitrogens is 1. The molecular weight excluding hydrogens is 324 g/mol.